The van der Waals surface area contributed by atoms with E-state index in [0.29, 0.717) is 5.92 Å². The van der Waals surface area contributed by atoms with Crippen LogP contribution in [-0.2, 0) is 0 Å². The van der Waals surface area contributed by atoms with Gasteiger partial charge in [-0.25, -0.2) is 0 Å². The van der Waals surface area contributed by atoms with Crippen molar-refractivity contribution in [3.05, 3.63) is 78.5 Å². The number of nitrogens with zero attached hydrogens (tertiary/aromatic N) is 1. The predicted octanol–water partition coefficient (Wildman–Crippen LogP) is 5.27. The molecule has 100 valence electrons. The molecule has 1 aromatic heterocycles. The first kappa shape index (κ1) is 12.7. The smallest absolute Gasteiger partial charge is 0.0528 e. The lowest BCUT2D eigenvalue weighted by molar-refractivity contribution is 0.848. The van der Waals surface area contributed by atoms with E-state index in [2.05, 4.69) is 91.3 Å². The van der Waals surface area contributed by atoms with E-state index in [4.69, 9.17) is 0 Å². The van der Waals surface area contributed by atoms with Crippen molar-refractivity contribution in [2.45, 2.75) is 19.8 Å². The molecule has 1 heterocycles. The Kier molecular flexibility index (Phi) is 3.42. The van der Waals surface area contributed by atoms with E-state index in [0.717, 1.165) is 0 Å². The molecular weight excluding hydrogens is 242 g/mol. The fourth-order valence-electron chi connectivity index (χ4n) is 2.63. The van der Waals surface area contributed by atoms with Crippen LogP contribution in [0.1, 0.15) is 25.3 Å². The van der Waals surface area contributed by atoms with Crippen molar-refractivity contribution < 1.29 is 0 Å². The first-order chi connectivity index (χ1) is 9.77. The standard InChI is InChI=1S/C19H19N/c1-15(2)17-11-6-7-12-19(17)20-14-8-13-18(20)16-9-4-3-5-10-16/h3-15H,1-2H3. The fraction of sp³-hybridized carbons (Fsp3) is 0.158. The van der Waals surface area contributed by atoms with E-state index in [1.807, 2.05) is 0 Å². The molecule has 1 nitrogen and oxygen atoms in total. The van der Waals surface area contributed by atoms with E-state index in [1.165, 1.54) is 22.5 Å². The van der Waals surface area contributed by atoms with Gasteiger partial charge in [0.15, 0.2) is 0 Å². The summed E-state index contributed by atoms with van der Waals surface area (Å²) in [4.78, 5) is 0. The van der Waals surface area contributed by atoms with Gasteiger partial charge in [0.25, 0.3) is 0 Å². The lowest BCUT2D eigenvalue weighted by Crippen LogP contribution is -2.01. The fourth-order valence-corrected chi connectivity index (χ4v) is 2.63. The Morgan fingerprint density at radius 1 is 0.750 bits per heavy atom. The summed E-state index contributed by atoms with van der Waals surface area (Å²) in [7, 11) is 0. The molecule has 0 aliphatic heterocycles. The van der Waals surface area contributed by atoms with Crippen LogP contribution in [-0.4, -0.2) is 4.57 Å². The van der Waals surface area contributed by atoms with Gasteiger partial charge in [-0.3, -0.25) is 0 Å². The third kappa shape index (κ3) is 2.27. The highest BCUT2D eigenvalue weighted by Gasteiger charge is 2.11. The molecule has 0 saturated heterocycles. The van der Waals surface area contributed by atoms with Crippen molar-refractivity contribution in [2.24, 2.45) is 0 Å². The number of hydrogen-bond acceptors (Lipinski definition) is 0. The van der Waals surface area contributed by atoms with Crippen LogP contribution in [0.3, 0.4) is 0 Å². The average Bonchev–Trinajstić information content (AvgIpc) is 2.97. The molecule has 0 unspecified atom stereocenters. The van der Waals surface area contributed by atoms with Gasteiger partial charge < -0.3 is 4.57 Å². The average molecular weight is 261 g/mol. The molecule has 3 aromatic rings. The second kappa shape index (κ2) is 5.38. The molecule has 2 aromatic carbocycles. The Morgan fingerprint density at radius 2 is 1.45 bits per heavy atom. The normalized spacial score (nSPS) is 10.9. The minimum absolute atomic E-state index is 0.511. The Bertz CT molecular complexity index is 693. The van der Waals surface area contributed by atoms with E-state index >= 15 is 0 Å². The number of hydrogen-bond donors (Lipinski definition) is 0. The molecule has 20 heavy (non-hydrogen) atoms. The molecule has 0 amide bonds. The van der Waals surface area contributed by atoms with Gasteiger partial charge in [0, 0.05) is 11.9 Å². The van der Waals surface area contributed by atoms with E-state index in [1.54, 1.807) is 0 Å². The van der Waals surface area contributed by atoms with Gasteiger partial charge in [-0.2, -0.15) is 0 Å². The molecular formula is C19H19N. The predicted molar refractivity (Wildman–Crippen MR) is 85.3 cm³/mol. The number of rotatable bonds is 3. The van der Waals surface area contributed by atoms with E-state index in [-0.39, 0.29) is 0 Å². The zero-order valence-electron chi connectivity index (χ0n) is 12.0. The van der Waals surface area contributed by atoms with Crippen LogP contribution in [0.2, 0.25) is 0 Å². The quantitative estimate of drug-likeness (QED) is 0.605. The number of para-hydroxylation sites is 1. The molecule has 1 heteroatoms. The summed E-state index contributed by atoms with van der Waals surface area (Å²) in [5, 5.41) is 0. The van der Waals surface area contributed by atoms with Crippen LogP contribution in [0, 0.1) is 0 Å². The molecule has 0 aliphatic carbocycles. The topological polar surface area (TPSA) is 4.93 Å². The summed E-state index contributed by atoms with van der Waals surface area (Å²) in [5.74, 6) is 0.511. The summed E-state index contributed by atoms with van der Waals surface area (Å²) in [6.45, 7) is 4.48. The lowest BCUT2D eigenvalue weighted by Gasteiger charge is -2.16. The summed E-state index contributed by atoms with van der Waals surface area (Å²) in [6.07, 6.45) is 2.14. The zero-order valence-corrected chi connectivity index (χ0v) is 12.0. The molecule has 0 N–H and O–H groups in total. The van der Waals surface area contributed by atoms with Gasteiger partial charge >= 0.3 is 0 Å². The maximum atomic E-state index is 2.28. The van der Waals surface area contributed by atoms with Crippen molar-refractivity contribution in [2.75, 3.05) is 0 Å². The maximum absolute atomic E-state index is 2.28. The third-order valence-corrected chi connectivity index (χ3v) is 3.64. The monoisotopic (exact) mass is 261 g/mol. The summed E-state index contributed by atoms with van der Waals surface area (Å²) in [5.41, 5.74) is 5.13. The highest BCUT2D eigenvalue weighted by Crippen LogP contribution is 2.28. The van der Waals surface area contributed by atoms with Crippen molar-refractivity contribution in [3.63, 3.8) is 0 Å². The van der Waals surface area contributed by atoms with Crippen molar-refractivity contribution in [1.82, 2.24) is 4.57 Å². The van der Waals surface area contributed by atoms with Crippen LogP contribution in [0.15, 0.2) is 72.9 Å². The zero-order chi connectivity index (χ0) is 13.9. The first-order valence-electron chi connectivity index (χ1n) is 7.09. The van der Waals surface area contributed by atoms with Crippen molar-refractivity contribution in [3.8, 4) is 16.9 Å². The van der Waals surface area contributed by atoms with Gasteiger partial charge in [0.05, 0.1) is 5.69 Å². The molecule has 0 aliphatic rings. The maximum Gasteiger partial charge on any atom is 0.0528 e. The highest BCUT2D eigenvalue weighted by atomic mass is 15.0. The summed E-state index contributed by atoms with van der Waals surface area (Å²) < 4.78 is 2.28. The molecule has 0 radical (unpaired) electrons. The molecule has 0 bridgehead atoms. The summed E-state index contributed by atoms with van der Waals surface area (Å²) >= 11 is 0. The van der Waals surface area contributed by atoms with Gasteiger partial charge in [-0.1, -0.05) is 62.4 Å². The Morgan fingerprint density at radius 3 is 2.20 bits per heavy atom. The van der Waals surface area contributed by atoms with Crippen LogP contribution < -0.4 is 0 Å². The molecule has 0 atom stereocenters. The second-order valence-corrected chi connectivity index (χ2v) is 5.34. The van der Waals surface area contributed by atoms with E-state index < -0.39 is 0 Å². The minimum atomic E-state index is 0.511. The van der Waals surface area contributed by atoms with E-state index in [9.17, 15) is 0 Å². The molecule has 0 fully saturated rings. The van der Waals surface area contributed by atoms with Gasteiger partial charge in [-0.05, 0) is 35.2 Å². The van der Waals surface area contributed by atoms with Crippen LogP contribution in [0.4, 0.5) is 0 Å². The largest absolute Gasteiger partial charge is 0.316 e. The van der Waals surface area contributed by atoms with Crippen LogP contribution in [0.25, 0.3) is 16.9 Å². The van der Waals surface area contributed by atoms with Gasteiger partial charge in [0.1, 0.15) is 0 Å². The lowest BCUT2D eigenvalue weighted by atomic mass is 10.0. The summed E-state index contributed by atoms with van der Waals surface area (Å²) in [6, 6.07) is 23.5. The van der Waals surface area contributed by atoms with Crippen LogP contribution >= 0.6 is 0 Å². The SMILES string of the molecule is CC(C)c1ccccc1-n1cccc1-c1ccccc1. The third-order valence-electron chi connectivity index (χ3n) is 3.64. The highest BCUT2D eigenvalue weighted by molar-refractivity contribution is 5.64. The van der Waals surface area contributed by atoms with Gasteiger partial charge in [-0.15, -0.1) is 0 Å². The van der Waals surface area contributed by atoms with Crippen molar-refractivity contribution >= 4 is 0 Å². The van der Waals surface area contributed by atoms with Gasteiger partial charge in [0.2, 0.25) is 0 Å². The Balaban J connectivity index is 2.16. The minimum Gasteiger partial charge on any atom is -0.316 e. The number of benzene rings is 2. The first-order valence-corrected chi connectivity index (χ1v) is 7.09. The number of aromatic nitrogens is 1. The second-order valence-electron chi connectivity index (χ2n) is 5.34. The molecule has 3 rings (SSSR count). The van der Waals surface area contributed by atoms with Crippen molar-refractivity contribution in [1.29, 1.82) is 0 Å². The molecule has 0 spiro atoms. The molecule has 0 saturated carbocycles. The van der Waals surface area contributed by atoms with Crippen LogP contribution in [0.5, 0.6) is 0 Å². The Hall–Kier alpha value is -2.28. The Labute approximate surface area is 120 Å².